The zero-order valence-electron chi connectivity index (χ0n) is 6.38. The third-order valence-electron chi connectivity index (χ3n) is 1.72. The van der Waals surface area contributed by atoms with Gasteiger partial charge in [-0.05, 0) is 12.1 Å². The number of fused-ring (bicyclic) bond motifs is 1. The molecule has 0 unspecified atom stereocenters. The Labute approximate surface area is 99.7 Å². The number of amides is 1. The molecule has 0 fully saturated rings. The minimum absolute atomic E-state index is 0. The summed E-state index contributed by atoms with van der Waals surface area (Å²) >= 11 is 1.74. The summed E-state index contributed by atoms with van der Waals surface area (Å²) in [6.07, 6.45) is 0. The first kappa shape index (κ1) is 10.6. The van der Waals surface area contributed by atoms with E-state index in [4.69, 9.17) is 3.07 Å². The van der Waals surface area contributed by atoms with Crippen LogP contribution >= 0.6 is 23.0 Å². The molecule has 3 nitrogen and oxygen atoms in total. The van der Waals surface area contributed by atoms with Crippen molar-refractivity contribution in [1.29, 1.82) is 0 Å². The standard InChI is InChI=1S/C8H4INO2.BrH/c9-12-8-6-4-2-1-3-5(6)7(11)10-8;/h1-4H;1H. The summed E-state index contributed by atoms with van der Waals surface area (Å²) in [5, 5.41) is 0. The van der Waals surface area contributed by atoms with Crippen LogP contribution in [-0.2, 0) is 3.07 Å². The summed E-state index contributed by atoms with van der Waals surface area (Å²) in [7, 11) is 0. The Morgan fingerprint density at radius 3 is 2.46 bits per heavy atom. The lowest BCUT2D eigenvalue weighted by Crippen LogP contribution is -3.00. The van der Waals surface area contributed by atoms with Crippen LogP contribution in [0.2, 0.25) is 0 Å². The molecule has 1 aromatic rings. The van der Waals surface area contributed by atoms with Gasteiger partial charge in [0.2, 0.25) is 0 Å². The number of carbonyl (C=O) groups excluding carboxylic acids is 1. The highest BCUT2D eigenvalue weighted by molar-refractivity contribution is 14.1. The molecule has 1 aliphatic rings. The van der Waals surface area contributed by atoms with Crippen molar-refractivity contribution in [2.75, 3.05) is 0 Å². The van der Waals surface area contributed by atoms with Gasteiger partial charge in [-0.25, -0.2) is 4.79 Å². The molecular weight excluding hydrogens is 349 g/mol. The van der Waals surface area contributed by atoms with Crippen molar-refractivity contribution in [3.05, 3.63) is 35.4 Å². The largest absolute Gasteiger partial charge is 1.00 e. The maximum atomic E-state index is 11.2. The molecule has 0 atom stereocenters. The fraction of sp³-hybridized carbons (Fsp3) is 0. The first-order valence-corrected chi connectivity index (χ1v) is 4.27. The molecule has 0 aromatic heterocycles. The van der Waals surface area contributed by atoms with Gasteiger partial charge in [0.05, 0.1) is 0 Å². The third kappa shape index (κ3) is 1.76. The smallest absolute Gasteiger partial charge is 0.421 e. The third-order valence-corrected chi connectivity index (χ3v) is 2.16. The number of rotatable bonds is 0. The Morgan fingerprint density at radius 2 is 1.85 bits per heavy atom. The average Bonchev–Trinajstić information content (AvgIpc) is 2.44. The highest BCUT2D eigenvalue weighted by Crippen LogP contribution is 2.11. The molecule has 0 saturated carbocycles. The van der Waals surface area contributed by atoms with Gasteiger partial charge < -0.3 is 20.0 Å². The second kappa shape index (κ2) is 4.19. The molecule has 1 aromatic carbocycles. The summed E-state index contributed by atoms with van der Waals surface area (Å²) in [5.41, 5.74) is 1.50. The van der Waals surface area contributed by atoms with Gasteiger partial charge in [-0.15, -0.1) is 4.99 Å². The maximum absolute atomic E-state index is 11.2. The van der Waals surface area contributed by atoms with Crippen molar-refractivity contribution in [1.82, 2.24) is 0 Å². The number of halogens is 2. The molecule has 0 aliphatic carbocycles. The van der Waals surface area contributed by atoms with E-state index in [1.54, 1.807) is 29.1 Å². The van der Waals surface area contributed by atoms with Gasteiger partial charge in [0.15, 0.2) is 23.0 Å². The lowest BCUT2D eigenvalue weighted by molar-refractivity contribution is -0.348. The first-order valence-electron chi connectivity index (χ1n) is 3.39. The number of hydrogen-bond acceptors (Lipinski definition) is 2. The molecule has 68 valence electrons. The lowest BCUT2D eigenvalue weighted by Gasteiger charge is -1.90. The zero-order valence-corrected chi connectivity index (χ0v) is 10.1. The van der Waals surface area contributed by atoms with Crippen molar-refractivity contribution in [2.45, 2.75) is 0 Å². The molecule has 1 N–H and O–H groups in total. The van der Waals surface area contributed by atoms with E-state index in [0.29, 0.717) is 11.5 Å². The summed E-state index contributed by atoms with van der Waals surface area (Å²) in [6, 6.07) is 7.32. The van der Waals surface area contributed by atoms with E-state index >= 15 is 0 Å². The van der Waals surface area contributed by atoms with Crippen LogP contribution < -0.4 is 22.0 Å². The molecule has 13 heavy (non-hydrogen) atoms. The van der Waals surface area contributed by atoms with Crippen LogP contribution in [0.5, 0.6) is 0 Å². The first-order chi connectivity index (χ1) is 5.83. The van der Waals surface area contributed by atoms with E-state index in [0.717, 1.165) is 5.56 Å². The number of benzene rings is 1. The van der Waals surface area contributed by atoms with Crippen LogP contribution in [0.15, 0.2) is 24.3 Å². The molecular formula is C8H5BrINO2. The van der Waals surface area contributed by atoms with Crippen LogP contribution in [0.4, 0.5) is 0 Å². The highest BCUT2D eigenvalue weighted by atomic mass is 127. The Kier molecular flexibility index (Phi) is 3.43. The van der Waals surface area contributed by atoms with Gasteiger partial charge in [0.25, 0.3) is 0 Å². The van der Waals surface area contributed by atoms with Crippen molar-refractivity contribution in [3.63, 3.8) is 0 Å². The minimum Gasteiger partial charge on any atom is -1.00 e. The molecule has 0 bridgehead atoms. The quantitative estimate of drug-likeness (QED) is 0.506. The predicted molar refractivity (Wildman–Crippen MR) is 50.9 cm³/mol. The van der Waals surface area contributed by atoms with Gasteiger partial charge in [-0.1, -0.05) is 12.1 Å². The molecule has 0 radical (unpaired) electrons. The topological polar surface area (TPSA) is 40.3 Å². The van der Waals surface area contributed by atoms with Crippen molar-refractivity contribution >= 4 is 34.8 Å². The highest BCUT2D eigenvalue weighted by Gasteiger charge is 2.31. The molecule has 1 aliphatic heterocycles. The Bertz CT molecular complexity index is 378. The van der Waals surface area contributed by atoms with Crippen molar-refractivity contribution in [3.8, 4) is 0 Å². The monoisotopic (exact) mass is 353 g/mol. The van der Waals surface area contributed by atoms with Crippen LogP contribution in [-0.4, -0.2) is 11.8 Å². The van der Waals surface area contributed by atoms with Crippen LogP contribution in [0.25, 0.3) is 0 Å². The van der Waals surface area contributed by atoms with Crippen LogP contribution in [0, 0.1) is 0 Å². The summed E-state index contributed by atoms with van der Waals surface area (Å²) in [6.45, 7) is 0. The van der Waals surface area contributed by atoms with E-state index < -0.39 is 0 Å². The predicted octanol–water partition coefficient (Wildman–Crippen LogP) is -2.96. The Morgan fingerprint density at radius 1 is 1.23 bits per heavy atom. The molecule has 1 heterocycles. The summed E-state index contributed by atoms with van der Waals surface area (Å²) in [5.74, 6) is 0.425. The SMILES string of the molecule is O=C1[NH+]=C(OI)c2ccccc21.[Br-]. The molecule has 0 spiro atoms. The van der Waals surface area contributed by atoms with Gasteiger partial charge in [-0.3, -0.25) is 0 Å². The summed E-state index contributed by atoms with van der Waals surface area (Å²) in [4.78, 5) is 13.8. The summed E-state index contributed by atoms with van der Waals surface area (Å²) < 4.78 is 4.96. The van der Waals surface area contributed by atoms with Crippen molar-refractivity contribution < 1.29 is 29.8 Å². The number of hydrogen-bond donors (Lipinski definition) is 1. The maximum Gasteiger partial charge on any atom is 0.421 e. The average molecular weight is 354 g/mol. The van der Waals surface area contributed by atoms with E-state index in [1.807, 2.05) is 18.2 Å². The van der Waals surface area contributed by atoms with Crippen LogP contribution in [0.1, 0.15) is 15.9 Å². The van der Waals surface area contributed by atoms with Crippen molar-refractivity contribution in [2.24, 2.45) is 0 Å². The van der Waals surface area contributed by atoms with Gasteiger partial charge in [0.1, 0.15) is 11.1 Å². The fourth-order valence-corrected chi connectivity index (χ4v) is 1.53. The lowest BCUT2D eigenvalue weighted by atomic mass is 10.1. The second-order valence-corrected chi connectivity index (χ2v) is 2.85. The van der Waals surface area contributed by atoms with E-state index in [2.05, 4.69) is 4.99 Å². The van der Waals surface area contributed by atoms with E-state index in [9.17, 15) is 4.79 Å². The van der Waals surface area contributed by atoms with Gasteiger partial charge >= 0.3 is 11.8 Å². The molecule has 2 rings (SSSR count). The Balaban J connectivity index is 0.000000845. The second-order valence-electron chi connectivity index (χ2n) is 2.41. The number of carbonyl (C=O) groups is 1. The Hall–Kier alpha value is -0.430. The number of nitrogens with one attached hydrogen (secondary N) is 1. The molecule has 1 amide bonds. The fourth-order valence-electron chi connectivity index (χ4n) is 1.18. The van der Waals surface area contributed by atoms with E-state index in [1.165, 1.54) is 0 Å². The minimum atomic E-state index is -0.0998. The van der Waals surface area contributed by atoms with Gasteiger partial charge in [-0.2, -0.15) is 0 Å². The van der Waals surface area contributed by atoms with Gasteiger partial charge in [0, 0.05) is 0 Å². The molecule has 5 heteroatoms. The van der Waals surface area contributed by atoms with E-state index in [-0.39, 0.29) is 22.9 Å². The zero-order chi connectivity index (χ0) is 8.55. The normalized spacial score (nSPS) is 13.0. The van der Waals surface area contributed by atoms with Crippen LogP contribution in [0.3, 0.4) is 0 Å². The molecule has 0 saturated heterocycles.